The zero-order valence-corrected chi connectivity index (χ0v) is 11.2. The maximum atomic E-state index is 12.3. The van der Waals surface area contributed by atoms with Crippen LogP contribution in [0.2, 0.25) is 0 Å². The van der Waals surface area contributed by atoms with Crippen LogP contribution in [0.25, 0.3) is 0 Å². The number of nitrogen functional groups attached to an aromatic ring is 1. The van der Waals surface area contributed by atoms with Crippen molar-refractivity contribution in [3.05, 3.63) is 59.7 Å². The molecule has 0 unspecified atom stereocenters. The van der Waals surface area contributed by atoms with E-state index in [2.05, 4.69) is 5.32 Å². The summed E-state index contributed by atoms with van der Waals surface area (Å²) in [7, 11) is 0. The molecule has 0 bridgehead atoms. The lowest BCUT2D eigenvalue weighted by atomic mass is 10.1. The second-order valence-corrected chi connectivity index (χ2v) is 4.90. The van der Waals surface area contributed by atoms with Gasteiger partial charge >= 0.3 is 6.03 Å². The molecule has 0 atom stereocenters. The fourth-order valence-electron chi connectivity index (χ4n) is 2.56. The Hall–Kier alpha value is -2.49. The van der Waals surface area contributed by atoms with Gasteiger partial charge in [0, 0.05) is 13.1 Å². The van der Waals surface area contributed by atoms with Gasteiger partial charge < -0.3 is 11.1 Å². The third-order valence-corrected chi connectivity index (χ3v) is 3.56. The van der Waals surface area contributed by atoms with Crippen molar-refractivity contribution in [1.82, 2.24) is 5.32 Å². The number of nitrogens with one attached hydrogen (secondary N) is 1. The first-order valence-electron chi connectivity index (χ1n) is 6.72. The van der Waals surface area contributed by atoms with Crippen LogP contribution in [0.5, 0.6) is 0 Å². The number of carbonyl (C=O) groups is 1. The lowest BCUT2D eigenvalue weighted by molar-refractivity contribution is 0.246. The van der Waals surface area contributed by atoms with Gasteiger partial charge in [-0.25, -0.2) is 4.79 Å². The zero-order chi connectivity index (χ0) is 13.9. The van der Waals surface area contributed by atoms with Crippen molar-refractivity contribution in [1.29, 1.82) is 0 Å². The molecule has 0 aromatic heterocycles. The molecule has 3 N–H and O–H groups in total. The molecule has 2 aromatic carbocycles. The van der Waals surface area contributed by atoms with E-state index in [1.807, 2.05) is 48.5 Å². The van der Waals surface area contributed by atoms with E-state index in [1.54, 1.807) is 4.90 Å². The van der Waals surface area contributed by atoms with E-state index in [4.69, 9.17) is 5.73 Å². The Balaban J connectivity index is 1.71. The third-order valence-electron chi connectivity index (χ3n) is 3.56. The van der Waals surface area contributed by atoms with Crippen LogP contribution in [-0.2, 0) is 13.0 Å². The maximum absolute atomic E-state index is 12.3. The molecule has 0 saturated heterocycles. The first kappa shape index (κ1) is 12.5. The Bertz CT molecular complexity index is 625. The largest absolute Gasteiger partial charge is 0.397 e. The highest BCUT2D eigenvalue weighted by Crippen LogP contribution is 2.33. The summed E-state index contributed by atoms with van der Waals surface area (Å²) in [5.41, 5.74) is 9.73. The Morgan fingerprint density at radius 3 is 2.75 bits per heavy atom. The summed E-state index contributed by atoms with van der Waals surface area (Å²) in [5, 5.41) is 2.94. The number of hydrogen-bond acceptors (Lipinski definition) is 2. The van der Waals surface area contributed by atoms with Crippen LogP contribution in [0.3, 0.4) is 0 Å². The number of rotatable bonds is 2. The molecule has 0 radical (unpaired) electrons. The van der Waals surface area contributed by atoms with E-state index in [0.717, 1.165) is 23.2 Å². The smallest absolute Gasteiger partial charge is 0.322 e. The monoisotopic (exact) mass is 267 g/mol. The Kier molecular flexibility index (Phi) is 3.29. The summed E-state index contributed by atoms with van der Waals surface area (Å²) in [6.45, 7) is 1.21. The van der Waals surface area contributed by atoms with E-state index in [9.17, 15) is 4.79 Å². The zero-order valence-electron chi connectivity index (χ0n) is 11.2. The van der Waals surface area contributed by atoms with Crippen molar-refractivity contribution < 1.29 is 4.79 Å². The van der Waals surface area contributed by atoms with Crippen LogP contribution in [0.15, 0.2) is 48.5 Å². The summed E-state index contributed by atoms with van der Waals surface area (Å²) in [6, 6.07) is 15.6. The summed E-state index contributed by atoms with van der Waals surface area (Å²) in [6.07, 6.45) is 0.860. The minimum Gasteiger partial charge on any atom is -0.397 e. The van der Waals surface area contributed by atoms with Gasteiger partial charge in [-0.1, -0.05) is 42.5 Å². The highest BCUT2D eigenvalue weighted by molar-refractivity contribution is 5.97. The lowest BCUT2D eigenvalue weighted by Crippen LogP contribution is -2.38. The second kappa shape index (κ2) is 5.25. The maximum Gasteiger partial charge on any atom is 0.322 e. The molecule has 2 aromatic rings. The molecule has 4 nitrogen and oxygen atoms in total. The molecule has 1 heterocycles. The first-order chi connectivity index (χ1) is 9.75. The van der Waals surface area contributed by atoms with Gasteiger partial charge in [0.1, 0.15) is 0 Å². The Morgan fingerprint density at radius 2 is 1.95 bits per heavy atom. The molecule has 0 aliphatic carbocycles. The standard InChI is InChI=1S/C16H17N3O/c17-14-8-4-7-13-9-10-19(15(13)14)16(20)18-11-12-5-2-1-3-6-12/h1-8H,9-11,17H2,(H,18,20). The van der Waals surface area contributed by atoms with E-state index in [0.29, 0.717) is 18.8 Å². The average Bonchev–Trinajstić information content (AvgIpc) is 2.91. The fourth-order valence-corrected chi connectivity index (χ4v) is 2.56. The molecule has 3 rings (SSSR count). The van der Waals surface area contributed by atoms with Crippen LogP contribution in [-0.4, -0.2) is 12.6 Å². The van der Waals surface area contributed by atoms with Crippen LogP contribution in [0, 0.1) is 0 Å². The normalized spacial score (nSPS) is 13.1. The molecular weight excluding hydrogens is 250 g/mol. The number of nitrogens with two attached hydrogens (primary N) is 1. The minimum absolute atomic E-state index is 0.0921. The Labute approximate surface area is 118 Å². The average molecular weight is 267 g/mol. The SMILES string of the molecule is Nc1cccc2c1N(C(=O)NCc1ccccc1)CC2. The number of fused-ring (bicyclic) bond motifs is 1. The van der Waals surface area contributed by atoms with Gasteiger partial charge in [0.2, 0.25) is 0 Å². The van der Waals surface area contributed by atoms with Gasteiger partial charge in [0.25, 0.3) is 0 Å². The minimum atomic E-state index is -0.0921. The van der Waals surface area contributed by atoms with Crippen LogP contribution in [0.4, 0.5) is 16.2 Å². The van der Waals surface area contributed by atoms with Crippen molar-refractivity contribution in [2.45, 2.75) is 13.0 Å². The van der Waals surface area contributed by atoms with E-state index in [1.165, 1.54) is 0 Å². The lowest BCUT2D eigenvalue weighted by Gasteiger charge is -2.19. The molecule has 102 valence electrons. The van der Waals surface area contributed by atoms with Gasteiger partial charge in [0.15, 0.2) is 0 Å². The number of benzene rings is 2. The van der Waals surface area contributed by atoms with Crippen molar-refractivity contribution in [3.8, 4) is 0 Å². The third kappa shape index (κ3) is 2.32. The predicted molar refractivity (Wildman–Crippen MR) is 80.6 cm³/mol. The molecule has 20 heavy (non-hydrogen) atoms. The second-order valence-electron chi connectivity index (χ2n) is 4.90. The van der Waals surface area contributed by atoms with Crippen LogP contribution < -0.4 is 16.0 Å². The van der Waals surface area contributed by atoms with Crippen LogP contribution >= 0.6 is 0 Å². The number of hydrogen-bond donors (Lipinski definition) is 2. The van der Waals surface area contributed by atoms with E-state index >= 15 is 0 Å². The van der Waals surface area contributed by atoms with E-state index in [-0.39, 0.29) is 6.03 Å². The van der Waals surface area contributed by atoms with Crippen molar-refractivity contribution in [3.63, 3.8) is 0 Å². The Morgan fingerprint density at radius 1 is 1.15 bits per heavy atom. The van der Waals surface area contributed by atoms with Crippen molar-refractivity contribution in [2.24, 2.45) is 0 Å². The molecule has 4 heteroatoms. The van der Waals surface area contributed by atoms with Gasteiger partial charge in [-0.2, -0.15) is 0 Å². The van der Waals surface area contributed by atoms with Crippen molar-refractivity contribution in [2.75, 3.05) is 17.2 Å². The topological polar surface area (TPSA) is 58.4 Å². The number of urea groups is 1. The number of para-hydroxylation sites is 1. The summed E-state index contributed by atoms with van der Waals surface area (Å²) >= 11 is 0. The van der Waals surface area contributed by atoms with E-state index < -0.39 is 0 Å². The van der Waals surface area contributed by atoms with Crippen molar-refractivity contribution >= 4 is 17.4 Å². The predicted octanol–water partition coefficient (Wildman–Crippen LogP) is 2.54. The molecule has 1 aliphatic rings. The summed E-state index contributed by atoms with van der Waals surface area (Å²) in [4.78, 5) is 14.0. The van der Waals surface area contributed by atoms with Gasteiger partial charge in [0.05, 0.1) is 11.4 Å². The summed E-state index contributed by atoms with van der Waals surface area (Å²) < 4.78 is 0. The highest BCUT2D eigenvalue weighted by Gasteiger charge is 2.26. The molecule has 2 amide bonds. The number of anilines is 2. The fraction of sp³-hybridized carbons (Fsp3) is 0.188. The molecule has 0 fully saturated rings. The molecule has 1 aliphatic heterocycles. The summed E-state index contributed by atoms with van der Waals surface area (Å²) in [5.74, 6) is 0. The first-order valence-corrected chi connectivity index (χ1v) is 6.72. The number of nitrogens with zero attached hydrogens (tertiary/aromatic N) is 1. The quantitative estimate of drug-likeness (QED) is 0.821. The van der Waals surface area contributed by atoms with Crippen LogP contribution in [0.1, 0.15) is 11.1 Å². The van der Waals surface area contributed by atoms with Gasteiger partial charge in [-0.3, -0.25) is 4.90 Å². The molecular formula is C16H17N3O. The van der Waals surface area contributed by atoms with Gasteiger partial charge in [-0.05, 0) is 23.6 Å². The number of amides is 2. The highest BCUT2D eigenvalue weighted by atomic mass is 16.2. The molecule has 0 spiro atoms. The van der Waals surface area contributed by atoms with Gasteiger partial charge in [-0.15, -0.1) is 0 Å². The number of carbonyl (C=O) groups excluding carboxylic acids is 1. The molecule has 0 saturated carbocycles.